The van der Waals surface area contributed by atoms with E-state index >= 15 is 0 Å². The molecule has 8 nitrogen and oxygen atoms in total. The van der Waals surface area contributed by atoms with Crippen molar-refractivity contribution in [2.24, 2.45) is 0 Å². The number of aliphatic carboxylic acids is 1. The Kier molecular flexibility index (Phi) is 5.69. The number of carboxylic acids is 1. The summed E-state index contributed by atoms with van der Waals surface area (Å²) in [5.41, 5.74) is 2.01. The third-order valence-corrected chi connectivity index (χ3v) is 4.47. The Morgan fingerprint density at radius 1 is 1.17 bits per heavy atom. The van der Waals surface area contributed by atoms with Gasteiger partial charge in [0.15, 0.2) is 5.65 Å². The van der Waals surface area contributed by atoms with Crippen LogP contribution in [0.5, 0.6) is 5.75 Å². The number of aromatic nitrogens is 2. The molecule has 0 bridgehead atoms. The van der Waals surface area contributed by atoms with Crippen molar-refractivity contribution in [1.82, 2.24) is 14.7 Å². The molecule has 0 aliphatic heterocycles. The Hall–Kier alpha value is -3.55. The molecule has 2 heterocycles. The molecule has 0 radical (unpaired) electrons. The molecule has 1 amide bonds. The Bertz CT molecular complexity index is 1080. The van der Waals surface area contributed by atoms with Crippen LogP contribution in [0.4, 0.5) is 5.82 Å². The summed E-state index contributed by atoms with van der Waals surface area (Å²) in [6, 6.07) is 9.86. The fourth-order valence-electron chi connectivity index (χ4n) is 3.01. The number of pyridine rings is 1. The van der Waals surface area contributed by atoms with E-state index in [1.54, 1.807) is 19.2 Å². The zero-order chi connectivity index (χ0) is 22.1. The lowest BCUT2D eigenvalue weighted by Crippen LogP contribution is -2.38. The van der Waals surface area contributed by atoms with Gasteiger partial charge < -0.3 is 20.5 Å². The van der Waals surface area contributed by atoms with Crippen LogP contribution in [0.15, 0.2) is 42.6 Å². The summed E-state index contributed by atoms with van der Waals surface area (Å²) < 4.78 is 7.05. The lowest BCUT2D eigenvalue weighted by molar-refractivity contribution is -0.138. The van der Waals surface area contributed by atoms with Crippen molar-refractivity contribution in [3.8, 4) is 17.0 Å². The van der Waals surface area contributed by atoms with Crippen molar-refractivity contribution in [3.63, 3.8) is 0 Å². The molecule has 0 spiro atoms. The van der Waals surface area contributed by atoms with E-state index in [-0.39, 0.29) is 5.54 Å². The van der Waals surface area contributed by atoms with E-state index in [9.17, 15) is 9.59 Å². The Labute approximate surface area is 174 Å². The highest BCUT2D eigenvalue weighted by atomic mass is 16.5. The molecule has 0 aliphatic rings. The Balaban J connectivity index is 2.16. The number of imidazole rings is 1. The van der Waals surface area contributed by atoms with E-state index in [1.807, 2.05) is 55.6 Å². The minimum atomic E-state index is -1.10. The highest BCUT2D eigenvalue weighted by Gasteiger charge is 2.23. The number of fused-ring (bicyclic) bond motifs is 1. The van der Waals surface area contributed by atoms with Gasteiger partial charge in [0.25, 0.3) is 5.91 Å². The van der Waals surface area contributed by atoms with Gasteiger partial charge >= 0.3 is 5.97 Å². The van der Waals surface area contributed by atoms with Crippen molar-refractivity contribution < 1.29 is 19.4 Å². The van der Waals surface area contributed by atoms with Crippen LogP contribution in [0, 0.1) is 0 Å². The molecule has 30 heavy (non-hydrogen) atoms. The molecular formula is C22H26N4O4. The highest BCUT2D eigenvalue weighted by molar-refractivity contribution is 6.02. The minimum Gasteiger partial charge on any atom is -0.497 e. The molecule has 0 saturated heterocycles. The standard InChI is InChI=1S/C22H26N4O4/c1-13(21(28)29)23-20(27)16-7-6-12-26-18(16)24-17(19(26)25-22(2,3)4)14-8-10-15(30-5)11-9-14/h6-13,25H,1-5H3,(H,23,27)(H,28,29). The molecule has 0 aliphatic carbocycles. The molecule has 0 fully saturated rings. The number of carboxylic acid groups (broad SMARTS) is 1. The van der Waals surface area contributed by atoms with Gasteiger partial charge in [-0.25, -0.2) is 4.98 Å². The minimum absolute atomic E-state index is 0.257. The number of benzene rings is 1. The zero-order valence-electron chi connectivity index (χ0n) is 17.7. The van der Waals surface area contributed by atoms with Crippen LogP contribution in [-0.4, -0.2) is 45.1 Å². The lowest BCUT2D eigenvalue weighted by atomic mass is 10.1. The maximum absolute atomic E-state index is 12.7. The third kappa shape index (κ3) is 4.37. The average molecular weight is 410 g/mol. The highest BCUT2D eigenvalue weighted by Crippen LogP contribution is 2.32. The summed E-state index contributed by atoms with van der Waals surface area (Å²) in [5, 5.41) is 15.1. The average Bonchev–Trinajstić information content (AvgIpc) is 3.04. The monoisotopic (exact) mass is 410 g/mol. The van der Waals surface area contributed by atoms with Gasteiger partial charge in [-0.15, -0.1) is 0 Å². The quantitative estimate of drug-likeness (QED) is 0.575. The van der Waals surface area contributed by atoms with Crippen molar-refractivity contribution in [2.75, 3.05) is 12.4 Å². The maximum atomic E-state index is 12.7. The Morgan fingerprint density at radius 2 is 1.83 bits per heavy atom. The van der Waals surface area contributed by atoms with Crippen LogP contribution in [0.25, 0.3) is 16.9 Å². The summed E-state index contributed by atoms with van der Waals surface area (Å²) in [5.74, 6) is -0.129. The lowest BCUT2D eigenvalue weighted by Gasteiger charge is -2.22. The van der Waals surface area contributed by atoms with E-state index in [1.165, 1.54) is 6.92 Å². The van der Waals surface area contributed by atoms with Crippen LogP contribution in [0.1, 0.15) is 38.1 Å². The number of amides is 1. The first-order valence-corrected chi connectivity index (χ1v) is 9.58. The summed E-state index contributed by atoms with van der Waals surface area (Å²) in [7, 11) is 1.61. The zero-order valence-corrected chi connectivity index (χ0v) is 17.7. The number of rotatable bonds is 6. The van der Waals surface area contributed by atoms with Gasteiger partial charge in [0, 0.05) is 17.3 Å². The number of nitrogens with zero attached hydrogens (tertiary/aromatic N) is 2. The first-order chi connectivity index (χ1) is 14.1. The van der Waals surface area contributed by atoms with Crippen LogP contribution >= 0.6 is 0 Å². The predicted molar refractivity (Wildman–Crippen MR) is 115 cm³/mol. The van der Waals surface area contributed by atoms with E-state index in [2.05, 4.69) is 10.6 Å². The van der Waals surface area contributed by atoms with Gasteiger partial charge in [-0.2, -0.15) is 0 Å². The summed E-state index contributed by atoms with van der Waals surface area (Å²) >= 11 is 0. The summed E-state index contributed by atoms with van der Waals surface area (Å²) in [6.07, 6.45) is 1.82. The number of carbonyl (C=O) groups excluding carboxylic acids is 1. The van der Waals surface area contributed by atoms with E-state index < -0.39 is 17.9 Å². The fourth-order valence-corrected chi connectivity index (χ4v) is 3.01. The first kappa shape index (κ1) is 21.2. The van der Waals surface area contributed by atoms with E-state index in [4.69, 9.17) is 14.8 Å². The van der Waals surface area contributed by atoms with Crippen LogP contribution in [-0.2, 0) is 4.79 Å². The van der Waals surface area contributed by atoms with E-state index in [0.29, 0.717) is 16.9 Å². The van der Waals surface area contributed by atoms with Gasteiger partial charge in [0.05, 0.1) is 12.7 Å². The molecule has 158 valence electrons. The molecule has 1 unspecified atom stereocenters. The largest absolute Gasteiger partial charge is 0.497 e. The SMILES string of the molecule is COc1ccc(-c2nc3c(C(=O)NC(C)C(=O)O)cccn3c2NC(C)(C)C)cc1. The molecular weight excluding hydrogens is 384 g/mol. The number of methoxy groups -OCH3 is 1. The number of anilines is 1. The van der Waals surface area contributed by atoms with Crippen molar-refractivity contribution in [1.29, 1.82) is 0 Å². The maximum Gasteiger partial charge on any atom is 0.325 e. The normalized spacial score (nSPS) is 12.4. The van der Waals surface area contributed by atoms with Gasteiger partial charge in [-0.3, -0.25) is 14.0 Å². The van der Waals surface area contributed by atoms with E-state index in [0.717, 1.165) is 17.1 Å². The predicted octanol–water partition coefficient (Wildman–Crippen LogP) is 3.42. The number of nitrogens with one attached hydrogen (secondary N) is 2. The summed E-state index contributed by atoms with van der Waals surface area (Å²) in [6.45, 7) is 7.53. The second kappa shape index (κ2) is 8.06. The van der Waals surface area contributed by atoms with Crippen LogP contribution in [0.3, 0.4) is 0 Å². The third-order valence-electron chi connectivity index (χ3n) is 4.47. The number of hydrogen-bond acceptors (Lipinski definition) is 5. The smallest absolute Gasteiger partial charge is 0.325 e. The molecule has 2 aromatic heterocycles. The molecule has 1 atom stereocenters. The van der Waals surface area contributed by atoms with Crippen molar-refractivity contribution >= 4 is 23.3 Å². The molecule has 1 aromatic carbocycles. The second-order valence-electron chi connectivity index (χ2n) is 8.06. The topological polar surface area (TPSA) is 105 Å². The van der Waals surface area contributed by atoms with Crippen molar-refractivity contribution in [2.45, 2.75) is 39.3 Å². The molecule has 0 saturated carbocycles. The number of carbonyl (C=O) groups is 2. The number of ether oxygens (including phenoxy) is 1. The van der Waals surface area contributed by atoms with Gasteiger partial charge in [-0.1, -0.05) is 0 Å². The first-order valence-electron chi connectivity index (χ1n) is 9.58. The van der Waals surface area contributed by atoms with Crippen molar-refractivity contribution in [3.05, 3.63) is 48.2 Å². The summed E-state index contributed by atoms with van der Waals surface area (Å²) in [4.78, 5) is 28.6. The molecule has 3 N–H and O–H groups in total. The van der Waals surface area contributed by atoms with Gasteiger partial charge in [0.2, 0.25) is 0 Å². The fraction of sp³-hybridized carbons (Fsp3) is 0.318. The van der Waals surface area contributed by atoms with Gasteiger partial charge in [0.1, 0.15) is 23.3 Å². The van der Waals surface area contributed by atoms with Crippen LogP contribution in [0.2, 0.25) is 0 Å². The number of hydrogen-bond donors (Lipinski definition) is 3. The molecule has 8 heteroatoms. The second-order valence-corrected chi connectivity index (χ2v) is 8.06. The molecule has 3 aromatic rings. The molecule has 3 rings (SSSR count). The van der Waals surface area contributed by atoms with Crippen LogP contribution < -0.4 is 15.4 Å². The van der Waals surface area contributed by atoms with Gasteiger partial charge in [-0.05, 0) is 64.1 Å². The Morgan fingerprint density at radius 3 is 2.40 bits per heavy atom.